The number of rotatable bonds is 5. The van der Waals surface area contributed by atoms with Crippen molar-refractivity contribution in [3.63, 3.8) is 0 Å². The van der Waals surface area contributed by atoms with Crippen LogP contribution in [-0.2, 0) is 22.6 Å². The lowest BCUT2D eigenvalue weighted by molar-refractivity contribution is 0.574. The Morgan fingerprint density at radius 2 is 2.12 bits per heavy atom. The van der Waals surface area contributed by atoms with E-state index in [1.807, 2.05) is 6.92 Å². The van der Waals surface area contributed by atoms with Crippen molar-refractivity contribution in [1.29, 1.82) is 0 Å². The van der Waals surface area contributed by atoms with Gasteiger partial charge in [-0.05, 0) is 42.7 Å². The van der Waals surface area contributed by atoms with Gasteiger partial charge in [-0.2, -0.15) is 5.10 Å². The normalized spacial score (nSPS) is 13.9. The largest absolute Gasteiger partial charge is 0.330 e. The molecule has 5 nitrogen and oxygen atoms in total. The van der Waals surface area contributed by atoms with Gasteiger partial charge in [0, 0.05) is 7.05 Å². The van der Waals surface area contributed by atoms with Gasteiger partial charge in [-0.1, -0.05) is 0 Å². The fourth-order valence-corrected chi connectivity index (χ4v) is 3.74. The Kier molecular flexibility index (Phi) is 4.74. The molecule has 17 heavy (non-hydrogen) atoms. The molecule has 0 aliphatic carbocycles. The molecule has 0 amide bonds. The van der Waals surface area contributed by atoms with Gasteiger partial charge in [0.1, 0.15) is 0 Å². The first kappa shape index (κ1) is 14.7. The molecular formula is C10H18BrN3O2S. The van der Waals surface area contributed by atoms with Crippen LogP contribution in [0.15, 0.2) is 4.47 Å². The first-order valence-corrected chi connectivity index (χ1v) is 7.90. The first-order chi connectivity index (χ1) is 7.79. The summed E-state index contributed by atoms with van der Waals surface area (Å²) >= 11 is 3.37. The number of hydrogen-bond acceptors (Lipinski definition) is 4. The summed E-state index contributed by atoms with van der Waals surface area (Å²) in [5.74, 6) is -0.00785. The van der Waals surface area contributed by atoms with Crippen molar-refractivity contribution in [2.24, 2.45) is 12.8 Å². The Hall–Kier alpha value is -0.400. The SMILES string of the molecule is Cc1nn(C)c(CS(=O)(=O)C(C)CCN)c1Br. The summed E-state index contributed by atoms with van der Waals surface area (Å²) in [6, 6.07) is 0. The average molecular weight is 324 g/mol. The highest BCUT2D eigenvalue weighted by molar-refractivity contribution is 9.10. The maximum absolute atomic E-state index is 12.1. The van der Waals surface area contributed by atoms with Crippen LogP contribution in [0, 0.1) is 6.92 Å². The number of aryl methyl sites for hydroxylation is 2. The molecule has 0 aromatic carbocycles. The molecule has 0 spiro atoms. The van der Waals surface area contributed by atoms with Gasteiger partial charge >= 0.3 is 0 Å². The number of nitrogens with zero attached hydrogens (tertiary/aromatic N) is 2. The lowest BCUT2D eigenvalue weighted by Crippen LogP contribution is -2.23. The van der Waals surface area contributed by atoms with E-state index in [-0.39, 0.29) is 5.75 Å². The minimum Gasteiger partial charge on any atom is -0.330 e. The molecule has 7 heteroatoms. The van der Waals surface area contributed by atoms with E-state index in [0.29, 0.717) is 18.7 Å². The molecular weight excluding hydrogens is 306 g/mol. The second-order valence-corrected chi connectivity index (χ2v) is 7.38. The summed E-state index contributed by atoms with van der Waals surface area (Å²) < 4.78 is 26.5. The predicted molar refractivity (Wildman–Crippen MR) is 71.4 cm³/mol. The highest BCUT2D eigenvalue weighted by atomic mass is 79.9. The molecule has 1 rings (SSSR count). The Balaban J connectivity index is 2.98. The van der Waals surface area contributed by atoms with Crippen LogP contribution in [0.25, 0.3) is 0 Å². The number of aromatic nitrogens is 2. The van der Waals surface area contributed by atoms with Crippen molar-refractivity contribution in [1.82, 2.24) is 9.78 Å². The zero-order valence-corrected chi connectivity index (χ0v) is 12.7. The summed E-state index contributed by atoms with van der Waals surface area (Å²) in [4.78, 5) is 0. The van der Waals surface area contributed by atoms with E-state index < -0.39 is 15.1 Å². The Bertz CT molecular complexity index is 496. The van der Waals surface area contributed by atoms with Crippen LogP contribution in [0.1, 0.15) is 24.7 Å². The molecule has 0 saturated heterocycles. The minimum atomic E-state index is -3.18. The Morgan fingerprint density at radius 3 is 2.53 bits per heavy atom. The second kappa shape index (κ2) is 5.49. The third-order valence-corrected chi connectivity index (χ3v) is 5.95. The molecule has 1 atom stereocenters. The van der Waals surface area contributed by atoms with Crippen LogP contribution < -0.4 is 5.73 Å². The van der Waals surface area contributed by atoms with Crippen molar-refractivity contribution < 1.29 is 8.42 Å². The maximum Gasteiger partial charge on any atom is 0.158 e. The summed E-state index contributed by atoms with van der Waals surface area (Å²) in [6.07, 6.45) is 0.483. The van der Waals surface area contributed by atoms with Gasteiger partial charge in [0.2, 0.25) is 0 Å². The number of halogens is 1. The molecule has 1 aromatic rings. The highest BCUT2D eigenvalue weighted by Crippen LogP contribution is 2.23. The van der Waals surface area contributed by atoms with Crippen LogP contribution in [0.3, 0.4) is 0 Å². The van der Waals surface area contributed by atoms with Crippen LogP contribution in [0.2, 0.25) is 0 Å². The zero-order chi connectivity index (χ0) is 13.2. The van der Waals surface area contributed by atoms with E-state index in [2.05, 4.69) is 21.0 Å². The predicted octanol–water partition coefficient (Wildman–Crippen LogP) is 1.14. The van der Waals surface area contributed by atoms with Crippen molar-refractivity contribution in [2.75, 3.05) is 6.54 Å². The lowest BCUT2D eigenvalue weighted by atomic mass is 10.3. The molecule has 1 aromatic heterocycles. The zero-order valence-electron chi connectivity index (χ0n) is 10.3. The average Bonchev–Trinajstić information content (AvgIpc) is 2.45. The molecule has 0 aliphatic heterocycles. The van der Waals surface area contributed by atoms with Gasteiger partial charge in [0.15, 0.2) is 9.84 Å². The molecule has 2 N–H and O–H groups in total. The highest BCUT2D eigenvalue weighted by Gasteiger charge is 2.24. The molecule has 0 fully saturated rings. The minimum absolute atomic E-state index is 0.00785. The fourth-order valence-electron chi connectivity index (χ4n) is 1.58. The molecule has 0 radical (unpaired) electrons. The lowest BCUT2D eigenvalue weighted by Gasteiger charge is -2.12. The monoisotopic (exact) mass is 323 g/mol. The van der Waals surface area contributed by atoms with E-state index in [0.717, 1.165) is 10.2 Å². The Morgan fingerprint density at radius 1 is 1.53 bits per heavy atom. The van der Waals surface area contributed by atoms with E-state index in [1.54, 1.807) is 18.7 Å². The number of sulfone groups is 1. The third kappa shape index (κ3) is 3.29. The summed E-state index contributed by atoms with van der Waals surface area (Å²) in [5, 5.41) is 3.76. The molecule has 98 valence electrons. The molecule has 1 unspecified atom stereocenters. The maximum atomic E-state index is 12.1. The standard InChI is InChI=1S/C10H18BrN3O2S/c1-7(4-5-12)17(15,16)6-9-10(11)8(2)13-14(9)3/h7H,4-6,12H2,1-3H3. The van der Waals surface area contributed by atoms with Crippen molar-refractivity contribution >= 4 is 25.8 Å². The number of nitrogens with two attached hydrogens (primary N) is 1. The fraction of sp³-hybridized carbons (Fsp3) is 0.700. The molecule has 0 saturated carbocycles. The third-order valence-electron chi connectivity index (χ3n) is 2.79. The van der Waals surface area contributed by atoms with Crippen molar-refractivity contribution in [2.45, 2.75) is 31.3 Å². The molecule has 1 heterocycles. The van der Waals surface area contributed by atoms with Gasteiger partial charge in [-0.15, -0.1) is 0 Å². The second-order valence-electron chi connectivity index (χ2n) is 4.16. The smallest absolute Gasteiger partial charge is 0.158 e. The summed E-state index contributed by atoms with van der Waals surface area (Å²) in [7, 11) is -1.43. The Labute approximate surface area is 110 Å². The summed E-state index contributed by atoms with van der Waals surface area (Å²) in [6.45, 7) is 3.91. The van der Waals surface area contributed by atoms with Gasteiger partial charge < -0.3 is 5.73 Å². The van der Waals surface area contributed by atoms with Gasteiger partial charge in [-0.25, -0.2) is 8.42 Å². The van der Waals surface area contributed by atoms with E-state index in [1.165, 1.54) is 0 Å². The van der Waals surface area contributed by atoms with Crippen LogP contribution in [0.4, 0.5) is 0 Å². The van der Waals surface area contributed by atoms with Gasteiger partial charge in [-0.3, -0.25) is 4.68 Å². The van der Waals surface area contributed by atoms with E-state index in [9.17, 15) is 8.42 Å². The summed E-state index contributed by atoms with van der Waals surface area (Å²) in [5.41, 5.74) is 6.87. The van der Waals surface area contributed by atoms with Crippen molar-refractivity contribution in [3.05, 3.63) is 15.9 Å². The van der Waals surface area contributed by atoms with Crippen LogP contribution in [0.5, 0.6) is 0 Å². The number of hydrogen-bond donors (Lipinski definition) is 1. The quantitative estimate of drug-likeness (QED) is 0.881. The van der Waals surface area contributed by atoms with Crippen molar-refractivity contribution in [3.8, 4) is 0 Å². The first-order valence-electron chi connectivity index (χ1n) is 5.39. The molecule has 0 aliphatic rings. The topological polar surface area (TPSA) is 78.0 Å². The van der Waals surface area contributed by atoms with Gasteiger partial charge in [0.25, 0.3) is 0 Å². The van der Waals surface area contributed by atoms with Gasteiger partial charge in [0.05, 0.1) is 26.9 Å². The van der Waals surface area contributed by atoms with E-state index >= 15 is 0 Å². The van der Waals surface area contributed by atoms with E-state index in [4.69, 9.17) is 5.73 Å². The van der Waals surface area contributed by atoms with Crippen LogP contribution >= 0.6 is 15.9 Å². The van der Waals surface area contributed by atoms with Crippen LogP contribution in [-0.4, -0.2) is 30.0 Å². The molecule has 0 bridgehead atoms.